The molecule has 4 heteroatoms. The first-order valence-electron chi connectivity index (χ1n) is 10.2. The van der Waals surface area contributed by atoms with Crippen molar-refractivity contribution in [2.45, 2.75) is 25.0 Å². The Bertz CT molecular complexity index is 803. The number of hydrogen-bond acceptors (Lipinski definition) is 3. The fourth-order valence-electron chi connectivity index (χ4n) is 4.97. The molecule has 1 saturated heterocycles. The van der Waals surface area contributed by atoms with Crippen LogP contribution in [0.1, 0.15) is 23.2 Å². The Morgan fingerprint density at radius 3 is 2.14 bits per heavy atom. The van der Waals surface area contributed by atoms with Crippen molar-refractivity contribution in [2.75, 3.05) is 34.3 Å². The second-order valence-electron chi connectivity index (χ2n) is 8.45. The van der Waals surface area contributed by atoms with Crippen LogP contribution in [0.5, 0.6) is 0 Å². The van der Waals surface area contributed by atoms with E-state index in [-0.39, 0.29) is 12.0 Å². The minimum absolute atomic E-state index is 0.157. The molecule has 148 valence electrons. The number of methoxy groups -OCH3 is 1. The summed E-state index contributed by atoms with van der Waals surface area (Å²) in [6.07, 6.45) is 2.41. The topological polar surface area (TPSA) is 32.8 Å². The van der Waals surface area contributed by atoms with Crippen molar-refractivity contribution in [3.8, 4) is 11.1 Å². The van der Waals surface area contributed by atoms with Crippen molar-refractivity contribution in [2.24, 2.45) is 11.8 Å². The SMILES string of the molecule is CO[C@@H]1C[C@H]2CN(C(=O)c3ccc(-c4ccccc4)cc3)C[C@H]2C[C@H]1N(C)C. The van der Waals surface area contributed by atoms with Crippen molar-refractivity contribution in [3.63, 3.8) is 0 Å². The monoisotopic (exact) mass is 378 g/mol. The van der Waals surface area contributed by atoms with E-state index in [1.54, 1.807) is 0 Å². The molecule has 1 aliphatic carbocycles. The van der Waals surface area contributed by atoms with Crippen molar-refractivity contribution in [1.82, 2.24) is 9.80 Å². The number of likely N-dealkylation sites (tertiary alicyclic amines) is 1. The number of carbonyl (C=O) groups is 1. The van der Waals surface area contributed by atoms with Gasteiger partial charge in [0.2, 0.25) is 0 Å². The quantitative estimate of drug-likeness (QED) is 0.812. The number of ether oxygens (including phenoxy) is 1. The van der Waals surface area contributed by atoms with Gasteiger partial charge in [0.25, 0.3) is 5.91 Å². The van der Waals surface area contributed by atoms with Gasteiger partial charge >= 0.3 is 0 Å². The highest BCUT2D eigenvalue weighted by Crippen LogP contribution is 2.39. The normalized spacial score (nSPS) is 27.1. The molecule has 1 amide bonds. The fraction of sp³-hybridized carbons (Fsp3) is 0.458. The average molecular weight is 379 g/mol. The Hall–Kier alpha value is -2.17. The number of rotatable bonds is 4. The van der Waals surface area contributed by atoms with E-state index < -0.39 is 0 Å². The summed E-state index contributed by atoms with van der Waals surface area (Å²) in [6, 6.07) is 18.7. The number of carbonyl (C=O) groups excluding carboxylic acids is 1. The lowest BCUT2D eigenvalue weighted by Crippen LogP contribution is -2.47. The molecule has 4 atom stereocenters. The molecule has 28 heavy (non-hydrogen) atoms. The largest absolute Gasteiger partial charge is 0.380 e. The molecule has 0 unspecified atom stereocenters. The summed E-state index contributed by atoms with van der Waals surface area (Å²) in [7, 11) is 6.07. The van der Waals surface area contributed by atoms with E-state index in [4.69, 9.17) is 4.74 Å². The number of amides is 1. The minimum Gasteiger partial charge on any atom is -0.380 e. The number of nitrogens with zero attached hydrogens (tertiary/aromatic N) is 2. The van der Waals surface area contributed by atoms with E-state index in [1.807, 2.05) is 37.4 Å². The molecule has 1 aliphatic heterocycles. The molecule has 0 aromatic heterocycles. The van der Waals surface area contributed by atoms with Crippen molar-refractivity contribution in [1.29, 1.82) is 0 Å². The van der Waals surface area contributed by atoms with E-state index in [9.17, 15) is 4.79 Å². The summed E-state index contributed by atoms with van der Waals surface area (Å²) in [5.74, 6) is 1.28. The van der Waals surface area contributed by atoms with E-state index in [0.29, 0.717) is 17.9 Å². The fourth-order valence-corrected chi connectivity index (χ4v) is 4.97. The molecule has 2 aliphatic rings. The maximum Gasteiger partial charge on any atom is 0.253 e. The van der Waals surface area contributed by atoms with Gasteiger partial charge in [-0.15, -0.1) is 0 Å². The molecule has 4 nitrogen and oxygen atoms in total. The number of hydrogen-bond donors (Lipinski definition) is 0. The third-order valence-electron chi connectivity index (χ3n) is 6.58. The predicted molar refractivity (Wildman–Crippen MR) is 112 cm³/mol. The Balaban J connectivity index is 1.45. The summed E-state index contributed by atoms with van der Waals surface area (Å²) >= 11 is 0. The van der Waals surface area contributed by atoms with Gasteiger partial charge in [-0.2, -0.15) is 0 Å². The first kappa shape index (κ1) is 19.2. The van der Waals surface area contributed by atoms with E-state index in [0.717, 1.165) is 37.1 Å². The molecule has 2 fully saturated rings. The van der Waals surface area contributed by atoms with Gasteiger partial charge in [0.1, 0.15) is 0 Å². The van der Waals surface area contributed by atoms with Gasteiger partial charge in [-0.25, -0.2) is 0 Å². The van der Waals surface area contributed by atoms with Gasteiger partial charge in [0.15, 0.2) is 0 Å². The summed E-state index contributed by atoms with van der Waals surface area (Å²) < 4.78 is 5.76. The summed E-state index contributed by atoms with van der Waals surface area (Å²) in [6.45, 7) is 1.72. The minimum atomic E-state index is 0.157. The zero-order valence-electron chi connectivity index (χ0n) is 17.0. The zero-order chi connectivity index (χ0) is 19.7. The molecule has 2 aromatic rings. The second kappa shape index (κ2) is 8.06. The van der Waals surface area contributed by atoms with Crippen LogP contribution >= 0.6 is 0 Å². The first-order valence-corrected chi connectivity index (χ1v) is 10.2. The van der Waals surface area contributed by atoms with E-state index in [1.165, 1.54) is 5.56 Å². The highest BCUT2D eigenvalue weighted by Gasteiger charge is 2.44. The standard InChI is InChI=1S/C24H30N2O2/c1-25(2)22-13-20-15-26(16-21(20)14-23(22)28-3)24(27)19-11-9-18(10-12-19)17-7-5-4-6-8-17/h4-12,20-23H,13-16H2,1-3H3/t20-,21+,22-,23-/m1/s1. The number of benzene rings is 2. The molecule has 0 bridgehead atoms. The predicted octanol–water partition coefficient (Wildman–Crippen LogP) is 3.78. The van der Waals surface area contributed by atoms with Crippen molar-refractivity contribution < 1.29 is 9.53 Å². The third-order valence-corrected chi connectivity index (χ3v) is 6.58. The lowest BCUT2D eigenvalue weighted by Gasteiger charge is -2.40. The average Bonchev–Trinajstić information content (AvgIpc) is 3.16. The summed E-state index contributed by atoms with van der Waals surface area (Å²) in [5.41, 5.74) is 3.10. The molecular weight excluding hydrogens is 348 g/mol. The number of likely N-dealkylation sites (N-methyl/N-ethyl adjacent to an activating group) is 1. The Morgan fingerprint density at radius 2 is 1.54 bits per heavy atom. The van der Waals surface area contributed by atoms with Crippen LogP contribution in [0.25, 0.3) is 11.1 Å². The zero-order valence-corrected chi connectivity index (χ0v) is 17.0. The lowest BCUT2D eigenvalue weighted by atomic mass is 9.77. The third kappa shape index (κ3) is 3.71. The van der Waals surface area contributed by atoms with Gasteiger partial charge in [-0.05, 0) is 62.0 Å². The summed E-state index contributed by atoms with van der Waals surface area (Å²) in [4.78, 5) is 17.4. The van der Waals surface area contributed by atoms with Crippen LogP contribution in [0.15, 0.2) is 54.6 Å². The van der Waals surface area contributed by atoms with Crippen molar-refractivity contribution in [3.05, 3.63) is 60.2 Å². The van der Waals surface area contributed by atoms with Gasteiger partial charge in [0, 0.05) is 31.8 Å². The molecule has 0 radical (unpaired) electrons. The van der Waals surface area contributed by atoms with E-state index in [2.05, 4.69) is 48.2 Å². The second-order valence-corrected chi connectivity index (χ2v) is 8.45. The maximum absolute atomic E-state index is 13.1. The maximum atomic E-state index is 13.1. The van der Waals surface area contributed by atoms with Gasteiger partial charge in [-0.3, -0.25) is 4.79 Å². The van der Waals surface area contributed by atoms with Gasteiger partial charge < -0.3 is 14.5 Å². The van der Waals surface area contributed by atoms with Crippen LogP contribution < -0.4 is 0 Å². The molecule has 1 heterocycles. The van der Waals surface area contributed by atoms with Crippen LogP contribution in [0.2, 0.25) is 0 Å². The highest BCUT2D eigenvalue weighted by atomic mass is 16.5. The Morgan fingerprint density at radius 1 is 0.929 bits per heavy atom. The van der Waals surface area contributed by atoms with Gasteiger partial charge in [-0.1, -0.05) is 42.5 Å². The Kier molecular flexibility index (Phi) is 5.51. The smallest absolute Gasteiger partial charge is 0.253 e. The molecular formula is C24H30N2O2. The van der Waals surface area contributed by atoms with Crippen LogP contribution in [0, 0.1) is 11.8 Å². The molecule has 0 N–H and O–H groups in total. The van der Waals surface area contributed by atoms with E-state index >= 15 is 0 Å². The molecule has 0 spiro atoms. The first-order chi connectivity index (χ1) is 13.6. The molecule has 1 saturated carbocycles. The van der Waals surface area contributed by atoms with Gasteiger partial charge in [0.05, 0.1) is 6.10 Å². The van der Waals surface area contributed by atoms with Crippen LogP contribution in [-0.4, -0.2) is 62.1 Å². The van der Waals surface area contributed by atoms with Crippen molar-refractivity contribution >= 4 is 5.91 Å². The van der Waals surface area contributed by atoms with Crippen LogP contribution in [-0.2, 0) is 4.74 Å². The molecule has 2 aromatic carbocycles. The Labute approximate surface area is 168 Å². The highest BCUT2D eigenvalue weighted by molar-refractivity contribution is 5.95. The lowest BCUT2D eigenvalue weighted by molar-refractivity contribution is -0.0209. The van der Waals surface area contributed by atoms with Crippen LogP contribution in [0.4, 0.5) is 0 Å². The molecule has 4 rings (SSSR count). The summed E-state index contributed by atoms with van der Waals surface area (Å²) in [5, 5.41) is 0. The number of fused-ring (bicyclic) bond motifs is 1. The van der Waals surface area contributed by atoms with Crippen LogP contribution in [0.3, 0.4) is 0 Å².